The molecule has 0 aliphatic heterocycles. The SMILES string of the molecule is CC/C(C)=C(/N=C(N=C(C)OC)OC(=O)c1cccc(C(=O)OC(N=C(C)OC)=NC(=NC)OC)c1)OC. The smallest absolute Gasteiger partial charge is 0.345 e. The van der Waals surface area contributed by atoms with Crippen molar-refractivity contribution < 1.29 is 38.0 Å². The first-order chi connectivity index (χ1) is 18.1. The molecule has 0 radical (unpaired) electrons. The van der Waals surface area contributed by atoms with Gasteiger partial charge in [-0.2, -0.15) is 15.0 Å². The Hall–Kier alpha value is -4.55. The van der Waals surface area contributed by atoms with Crippen molar-refractivity contribution in [3.05, 3.63) is 46.8 Å². The fourth-order valence-corrected chi connectivity index (χ4v) is 2.38. The maximum absolute atomic E-state index is 12.9. The minimum absolute atomic E-state index is 0.0131. The average molecular weight is 532 g/mol. The average Bonchev–Trinajstić information content (AvgIpc) is 2.93. The largest absolute Gasteiger partial charge is 0.484 e. The number of hydrogen-bond donors (Lipinski definition) is 0. The summed E-state index contributed by atoms with van der Waals surface area (Å²) in [5.74, 6) is -1.09. The van der Waals surface area contributed by atoms with E-state index in [0.717, 1.165) is 5.57 Å². The minimum Gasteiger partial charge on any atom is -0.484 e. The van der Waals surface area contributed by atoms with E-state index in [0.29, 0.717) is 6.42 Å². The molecule has 0 N–H and O–H groups in total. The number of rotatable bonds is 5. The van der Waals surface area contributed by atoms with Crippen LogP contribution < -0.4 is 0 Å². The summed E-state index contributed by atoms with van der Waals surface area (Å²) in [7, 11) is 7.03. The van der Waals surface area contributed by atoms with Crippen LogP contribution in [0.25, 0.3) is 0 Å². The van der Waals surface area contributed by atoms with Gasteiger partial charge in [0.05, 0.1) is 39.6 Å². The van der Waals surface area contributed by atoms with Gasteiger partial charge in [-0.1, -0.05) is 13.0 Å². The Kier molecular flexibility index (Phi) is 13.5. The Labute approximate surface area is 221 Å². The molecule has 1 rings (SSSR count). The van der Waals surface area contributed by atoms with Gasteiger partial charge in [-0.3, -0.25) is 0 Å². The highest BCUT2D eigenvalue weighted by Crippen LogP contribution is 2.13. The zero-order valence-corrected chi connectivity index (χ0v) is 23.0. The summed E-state index contributed by atoms with van der Waals surface area (Å²) < 4.78 is 31.0. The number of benzene rings is 1. The number of nitrogens with zero attached hydrogens (tertiary/aromatic N) is 5. The monoisotopic (exact) mass is 531 g/mol. The first-order valence-electron chi connectivity index (χ1n) is 11.3. The molecule has 0 spiro atoms. The van der Waals surface area contributed by atoms with E-state index < -0.39 is 11.9 Å². The van der Waals surface area contributed by atoms with Gasteiger partial charge in [-0.15, -0.1) is 4.99 Å². The van der Waals surface area contributed by atoms with Crippen LogP contribution in [0.2, 0.25) is 0 Å². The molecule has 0 fully saturated rings. The van der Waals surface area contributed by atoms with E-state index in [1.807, 2.05) is 13.8 Å². The number of methoxy groups -OCH3 is 4. The Morgan fingerprint density at radius 3 is 1.61 bits per heavy atom. The zero-order chi connectivity index (χ0) is 28.7. The van der Waals surface area contributed by atoms with Gasteiger partial charge >= 0.3 is 30.0 Å². The van der Waals surface area contributed by atoms with Crippen LogP contribution in [-0.2, 0) is 28.4 Å². The lowest BCUT2D eigenvalue weighted by molar-refractivity contribution is 0.0712. The van der Waals surface area contributed by atoms with Crippen LogP contribution in [-0.4, -0.2) is 77.3 Å². The fraction of sp³-hybridized carbons (Fsp3) is 0.400. The molecular weight excluding hydrogens is 498 g/mol. The molecule has 206 valence electrons. The van der Waals surface area contributed by atoms with Crippen LogP contribution in [0.3, 0.4) is 0 Å². The maximum atomic E-state index is 12.9. The van der Waals surface area contributed by atoms with Crippen LogP contribution in [0, 0.1) is 0 Å². The Bertz CT molecular complexity index is 1180. The molecule has 0 heterocycles. The topological polar surface area (TPSA) is 151 Å². The van der Waals surface area contributed by atoms with E-state index in [1.54, 1.807) is 6.92 Å². The van der Waals surface area contributed by atoms with Crippen molar-refractivity contribution in [2.75, 3.05) is 35.5 Å². The van der Waals surface area contributed by atoms with E-state index >= 15 is 0 Å². The number of hydrogen-bond acceptors (Lipinski definition) is 10. The van der Waals surface area contributed by atoms with Crippen LogP contribution in [0.15, 0.2) is 60.7 Å². The lowest BCUT2D eigenvalue weighted by Gasteiger charge is -2.09. The normalized spacial score (nSPS) is 13.9. The lowest BCUT2D eigenvalue weighted by Crippen LogP contribution is -2.17. The molecule has 1 aromatic rings. The third-order valence-corrected chi connectivity index (χ3v) is 4.65. The Morgan fingerprint density at radius 2 is 1.21 bits per heavy atom. The molecule has 0 atom stereocenters. The molecule has 13 heteroatoms. The van der Waals surface area contributed by atoms with Gasteiger partial charge in [0.1, 0.15) is 0 Å². The van der Waals surface area contributed by atoms with Gasteiger partial charge in [0, 0.05) is 20.9 Å². The molecule has 38 heavy (non-hydrogen) atoms. The summed E-state index contributed by atoms with van der Waals surface area (Å²) in [6, 6.07) is 4.86. The number of ether oxygens (including phenoxy) is 6. The third-order valence-electron chi connectivity index (χ3n) is 4.65. The molecule has 0 amide bonds. The van der Waals surface area contributed by atoms with Crippen LogP contribution in [0.1, 0.15) is 54.8 Å². The van der Waals surface area contributed by atoms with Crippen LogP contribution >= 0.6 is 0 Å². The number of carbonyl (C=O) groups excluding carboxylic acids is 2. The number of aliphatic imine (C=N–C) groups is 5. The fourth-order valence-electron chi connectivity index (χ4n) is 2.38. The van der Waals surface area contributed by atoms with Crippen LogP contribution in [0.4, 0.5) is 0 Å². The predicted molar refractivity (Wildman–Crippen MR) is 143 cm³/mol. The van der Waals surface area contributed by atoms with Crippen molar-refractivity contribution >= 4 is 41.8 Å². The van der Waals surface area contributed by atoms with Crippen molar-refractivity contribution in [3.63, 3.8) is 0 Å². The van der Waals surface area contributed by atoms with Gasteiger partial charge in [0.2, 0.25) is 5.88 Å². The Balaban J connectivity index is 3.32. The molecule has 0 aliphatic rings. The molecule has 0 saturated carbocycles. The highest BCUT2D eigenvalue weighted by Gasteiger charge is 2.18. The summed E-state index contributed by atoms with van der Waals surface area (Å²) in [5, 5.41) is 0. The summed E-state index contributed by atoms with van der Waals surface area (Å²) in [4.78, 5) is 45.7. The van der Waals surface area contributed by atoms with E-state index in [4.69, 9.17) is 28.4 Å². The summed E-state index contributed by atoms with van der Waals surface area (Å²) in [6.07, 6.45) is 0.653. The van der Waals surface area contributed by atoms with Crippen molar-refractivity contribution in [2.45, 2.75) is 34.1 Å². The van der Waals surface area contributed by atoms with Gasteiger partial charge in [-0.05, 0) is 37.1 Å². The van der Waals surface area contributed by atoms with Crippen molar-refractivity contribution in [1.82, 2.24) is 0 Å². The first kappa shape index (κ1) is 31.5. The van der Waals surface area contributed by atoms with Gasteiger partial charge in [0.25, 0.3) is 0 Å². The zero-order valence-electron chi connectivity index (χ0n) is 23.0. The maximum Gasteiger partial charge on any atom is 0.345 e. The van der Waals surface area contributed by atoms with E-state index in [-0.39, 0.29) is 46.9 Å². The van der Waals surface area contributed by atoms with E-state index in [1.165, 1.54) is 66.7 Å². The van der Waals surface area contributed by atoms with Crippen molar-refractivity contribution in [1.29, 1.82) is 0 Å². The van der Waals surface area contributed by atoms with Crippen molar-refractivity contribution in [3.8, 4) is 0 Å². The summed E-state index contributed by atoms with van der Waals surface area (Å²) >= 11 is 0. The van der Waals surface area contributed by atoms with Crippen molar-refractivity contribution in [2.24, 2.45) is 25.0 Å². The molecular formula is C25H33N5O8. The number of allylic oxidation sites excluding steroid dienone is 1. The molecule has 1 aromatic carbocycles. The molecule has 0 bridgehead atoms. The second-order valence-electron chi connectivity index (χ2n) is 7.17. The second-order valence-corrected chi connectivity index (χ2v) is 7.17. The third kappa shape index (κ3) is 10.2. The molecule has 0 aliphatic carbocycles. The van der Waals surface area contributed by atoms with Gasteiger partial charge in [0.15, 0.2) is 11.8 Å². The standard InChI is InChI=1S/C25H33N5O8/c1-10-15(2)20(35-8)29-24(27-16(3)33-6)37-21(31)18-12-11-13-19(14-18)22(32)38-25(28-17(4)34-7)30-23(26-5)36-9/h11-14H,10H2,1-9H3/b20-15-,26-23?,27-16?,28-17?,29-24?,30-25?. The minimum atomic E-state index is -0.858. The van der Waals surface area contributed by atoms with Gasteiger partial charge in [-0.25, -0.2) is 14.6 Å². The number of amidine groups is 3. The molecule has 0 saturated heterocycles. The summed E-state index contributed by atoms with van der Waals surface area (Å²) in [6.45, 7) is 6.84. The van der Waals surface area contributed by atoms with E-state index in [2.05, 4.69) is 25.0 Å². The number of carbonyl (C=O) groups is 2. The quantitative estimate of drug-likeness (QED) is 0.241. The highest BCUT2D eigenvalue weighted by atomic mass is 16.6. The molecule has 0 unspecified atom stereocenters. The predicted octanol–water partition coefficient (Wildman–Crippen LogP) is 3.76. The highest BCUT2D eigenvalue weighted by molar-refractivity contribution is 6.05. The van der Waals surface area contributed by atoms with Gasteiger partial charge < -0.3 is 28.4 Å². The Morgan fingerprint density at radius 1 is 0.711 bits per heavy atom. The number of esters is 2. The molecule has 13 nitrogen and oxygen atoms in total. The lowest BCUT2D eigenvalue weighted by atomic mass is 10.1. The summed E-state index contributed by atoms with van der Waals surface area (Å²) in [5.41, 5.74) is 0.846. The van der Waals surface area contributed by atoms with E-state index in [9.17, 15) is 9.59 Å². The van der Waals surface area contributed by atoms with Crippen LogP contribution in [0.5, 0.6) is 0 Å². The first-order valence-corrected chi connectivity index (χ1v) is 11.3. The molecule has 0 aromatic heterocycles. The second kappa shape index (κ2) is 16.2.